The van der Waals surface area contributed by atoms with Crippen molar-refractivity contribution in [2.45, 2.75) is 31.9 Å². The summed E-state index contributed by atoms with van der Waals surface area (Å²) in [5.41, 5.74) is 2.45. The molecule has 1 amide bonds. The predicted octanol–water partition coefficient (Wildman–Crippen LogP) is 3.80. The molecule has 1 aromatic carbocycles. The minimum atomic E-state index is -0.0960. The summed E-state index contributed by atoms with van der Waals surface area (Å²) in [6.07, 6.45) is 2.78. The molecule has 3 heterocycles. The van der Waals surface area contributed by atoms with Crippen LogP contribution in [0.5, 0.6) is 0 Å². The number of hydrogen-bond donors (Lipinski definition) is 0. The molecule has 0 bridgehead atoms. The number of amides is 1. The van der Waals surface area contributed by atoms with Crippen LogP contribution in [0.1, 0.15) is 34.9 Å². The molecule has 2 unspecified atom stereocenters. The Balaban J connectivity index is 1.54. The van der Waals surface area contributed by atoms with E-state index in [1.54, 1.807) is 0 Å². The van der Waals surface area contributed by atoms with Crippen LogP contribution in [-0.4, -0.2) is 24.0 Å². The number of fused-ring (bicyclic) bond motifs is 1. The SMILES string of the molecule is O=C(C1CCCOC1c1ccccc1)N1CCc2sccc2C1. The van der Waals surface area contributed by atoms with Crippen molar-refractivity contribution in [2.24, 2.45) is 5.92 Å². The van der Waals surface area contributed by atoms with Crippen molar-refractivity contribution in [1.82, 2.24) is 4.90 Å². The third kappa shape index (κ3) is 2.93. The van der Waals surface area contributed by atoms with Crippen LogP contribution in [-0.2, 0) is 22.5 Å². The zero-order valence-corrected chi connectivity index (χ0v) is 13.9. The van der Waals surface area contributed by atoms with E-state index in [4.69, 9.17) is 4.74 Å². The predicted molar refractivity (Wildman–Crippen MR) is 91.3 cm³/mol. The molecular weight excluding hydrogens is 306 g/mol. The van der Waals surface area contributed by atoms with Crippen LogP contribution >= 0.6 is 11.3 Å². The van der Waals surface area contributed by atoms with Gasteiger partial charge in [-0.3, -0.25) is 4.79 Å². The molecular formula is C19H21NO2S. The molecule has 3 nitrogen and oxygen atoms in total. The number of carbonyl (C=O) groups excluding carboxylic acids is 1. The number of thiophene rings is 1. The molecule has 4 heteroatoms. The molecule has 2 atom stereocenters. The lowest BCUT2D eigenvalue weighted by molar-refractivity contribution is -0.146. The first-order chi connectivity index (χ1) is 11.3. The fourth-order valence-corrected chi connectivity index (χ4v) is 4.57. The molecule has 0 aliphatic carbocycles. The van der Waals surface area contributed by atoms with Gasteiger partial charge < -0.3 is 9.64 Å². The number of nitrogens with zero attached hydrogens (tertiary/aromatic N) is 1. The van der Waals surface area contributed by atoms with Gasteiger partial charge in [-0.2, -0.15) is 0 Å². The highest BCUT2D eigenvalue weighted by atomic mass is 32.1. The van der Waals surface area contributed by atoms with E-state index in [2.05, 4.69) is 23.6 Å². The topological polar surface area (TPSA) is 29.5 Å². The van der Waals surface area contributed by atoms with Gasteiger partial charge in [0.25, 0.3) is 0 Å². The van der Waals surface area contributed by atoms with Crippen LogP contribution in [0.3, 0.4) is 0 Å². The second-order valence-electron chi connectivity index (χ2n) is 6.33. The fourth-order valence-electron chi connectivity index (χ4n) is 3.68. The lowest BCUT2D eigenvalue weighted by atomic mass is 9.88. The molecule has 0 radical (unpaired) electrons. The van der Waals surface area contributed by atoms with Gasteiger partial charge in [-0.1, -0.05) is 30.3 Å². The van der Waals surface area contributed by atoms with Gasteiger partial charge in [0.1, 0.15) is 0 Å². The molecule has 0 saturated carbocycles. The van der Waals surface area contributed by atoms with E-state index in [0.717, 1.165) is 44.5 Å². The van der Waals surface area contributed by atoms with Crippen LogP contribution in [0.25, 0.3) is 0 Å². The molecule has 2 aliphatic rings. The number of rotatable bonds is 2. The summed E-state index contributed by atoms with van der Waals surface area (Å²) in [7, 11) is 0. The Morgan fingerprint density at radius 3 is 2.96 bits per heavy atom. The molecule has 1 fully saturated rings. The Kier molecular flexibility index (Phi) is 4.19. The summed E-state index contributed by atoms with van der Waals surface area (Å²) in [5.74, 6) is 0.210. The van der Waals surface area contributed by atoms with Gasteiger partial charge in [0.05, 0.1) is 12.0 Å². The van der Waals surface area contributed by atoms with E-state index in [9.17, 15) is 4.79 Å². The van der Waals surface area contributed by atoms with Gasteiger partial charge in [-0.15, -0.1) is 11.3 Å². The Morgan fingerprint density at radius 1 is 1.22 bits per heavy atom. The zero-order chi connectivity index (χ0) is 15.6. The fraction of sp³-hybridized carbons (Fsp3) is 0.421. The Labute approximate surface area is 140 Å². The third-order valence-electron chi connectivity index (χ3n) is 4.89. The van der Waals surface area contributed by atoms with E-state index in [1.807, 2.05) is 34.4 Å². The van der Waals surface area contributed by atoms with Gasteiger partial charge in [-0.05, 0) is 41.8 Å². The minimum Gasteiger partial charge on any atom is -0.373 e. The number of ether oxygens (including phenoxy) is 1. The largest absolute Gasteiger partial charge is 0.373 e. The normalized spacial score (nSPS) is 24.3. The monoisotopic (exact) mass is 327 g/mol. The van der Waals surface area contributed by atoms with Gasteiger partial charge in [0.2, 0.25) is 5.91 Å². The van der Waals surface area contributed by atoms with Crippen molar-refractivity contribution < 1.29 is 9.53 Å². The lowest BCUT2D eigenvalue weighted by Crippen LogP contribution is -2.42. The summed E-state index contributed by atoms with van der Waals surface area (Å²) in [6.45, 7) is 2.35. The quantitative estimate of drug-likeness (QED) is 0.839. The highest BCUT2D eigenvalue weighted by molar-refractivity contribution is 7.10. The zero-order valence-electron chi connectivity index (χ0n) is 13.1. The van der Waals surface area contributed by atoms with E-state index in [0.29, 0.717) is 0 Å². The Morgan fingerprint density at radius 2 is 2.09 bits per heavy atom. The van der Waals surface area contributed by atoms with Crippen molar-refractivity contribution in [3.05, 3.63) is 57.8 Å². The average molecular weight is 327 g/mol. The standard InChI is InChI=1S/C19H21NO2S/c21-19(20-10-8-17-15(13-20)9-12-23-17)16-7-4-11-22-18(16)14-5-2-1-3-6-14/h1-3,5-6,9,12,16,18H,4,7-8,10-11,13H2. The second-order valence-corrected chi connectivity index (χ2v) is 7.33. The first kappa shape index (κ1) is 14.9. The van der Waals surface area contributed by atoms with Gasteiger partial charge in [0, 0.05) is 24.6 Å². The van der Waals surface area contributed by atoms with Crippen LogP contribution in [0.2, 0.25) is 0 Å². The third-order valence-corrected chi connectivity index (χ3v) is 5.91. The molecule has 4 rings (SSSR count). The average Bonchev–Trinajstić information content (AvgIpc) is 3.09. The maximum absolute atomic E-state index is 13.1. The smallest absolute Gasteiger partial charge is 0.228 e. The first-order valence-electron chi connectivity index (χ1n) is 8.33. The summed E-state index contributed by atoms with van der Waals surface area (Å²) in [4.78, 5) is 16.6. The van der Waals surface area contributed by atoms with Crippen LogP contribution in [0, 0.1) is 5.92 Å². The summed E-state index contributed by atoms with van der Waals surface area (Å²) < 4.78 is 6.00. The molecule has 120 valence electrons. The number of hydrogen-bond acceptors (Lipinski definition) is 3. The van der Waals surface area contributed by atoms with E-state index >= 15 is 0 Å². The van der Waals surface area contributed by atoms with Gasteiger partial charge in [0.15, 0.2) is 0 Å². The first-order valence-corrected chi connectivity index (χ1v) is 9.21. The number of benzene rings is 1. The molecule has 23 heavy (non-hydrogen) atoms. The lowest BCUT2D eigenvalue weighted by Gasteiger charge is -2.36. The van der Waals surface area contributed by atoms with Crippen molar-refractivity contribution in [1.29, 1.82) is 0 Å². The van der Waals surface area contributed by atoms with E-state index in [1.165, 1.54) is 10.4 Å². The van der Waals surface area contributed by atoms with Crippen LogP contribution < -0.4 is 0 Å². The van der Waals surface area contributed by atoms with Crippen molar-refractivity contribution in [3.8, 4) is 0 Å². The molecule has 0 spiro atoms. The molecule has 2 aromatic rings. The Hall–Kier alpha value is -1.65. The van der Waals surface area contributed by atoms with Crippen molar-refractivity contribution in [3.63, 3.8) is 0 Å². The Bertz CT molecular complexity index is 682. The van der Waals surface area contributed by atoms with Crippen molar-refractivity contribution >= 4 is 17.2 Å². The molecule has 1 saturated heterocycles. The van der Waals surface area contributed by atoms with Crippen LogP contribution in [0.4, 0.5) is 0 Å². The highest BCUT2D eigenvalue weighted by Crippen LogP contribution is 2.36. The molecule has 0 N–H and O–H groups in total. The van der Waals surface area contributed by atoms with Crippen molar-refractivity contribution in [2.75, 3.05) is 13.2 Å². The van der Waals surface area contributed by atoms with E-state index in [-0.39, 0.29) is 17.9 Å². The maximum Gasteiger partial charge on any atom is 0.228 e. The molecule has 1 aromatic heterocycles. The summed E-state index contributed by atoms with van der Waals surface area (Å²) in [5, 5.41) is 2.13. The van der Waals surface area contributed by atoms with Crippen LogP contribution in [0.15, 0.2) is 41.8 Å². The second kappa shape index (κ2) is 6.46. The minimum absolute atomic E-state index is 0.0497. The number of carbonyl (C=O) groups is 1. The van der Waals surface area contributed by atoms with Gasteiger partial charge in [-0.25, -0.2) is 0 Å². The summed E-state index contributed by atoms with van der Waals surface area (Å²) in [6, 6.07) is 12.4. The molecule has 2 aliphatic heterocycles. The van der Waals surface area contributed by atoms with E-state index < -0.39 is 0 Å². The highest BCUT2D eigenvalue weighted by Gasteiger charge is 2.36. The van der Waals surface area contributed by atoms with Gasteiger partial charge >= 0.3 is 0 Å². The maximum atomic E-state index is 13.1. The summed E-state index contributed by atoms with van der Waals surface area (Å²) >= 11 is 1.81.